The lowest BCUT2D eigenvalue weighted by molar-refractivity contribution is -0.113. The maximum absolute atomic E-state index is 14.1. The average molecular weight is 560 g/mol. The zero-order chi connectivity index (χ0) is 24.4. The van der Waals surface area contributed by atoms with Crippen LogP contribution in [0.3, 0.4) is 0 Å². The number of anilines is 1. The predicted molar refractivity (Wildman–Crippen MR) is 138 cm³/mol. The second-order valence-corrected chi connectivity index (χ2v) is 11.3. The summed E-state index contributed by atoms with van der Waals surface area (Å²) >= 11 is 4.77. The number of carbonyl (C=O) groups is 1. The molecule has 2 aliphatic rings. The number of thioether (sulfide) groups is 1. The van der Waals surface area contributed by atoms with Gasteiger partial charge in [-0.15, -0.1) is 10.2 Å². The van der Waals surface area contributed by atoms with Crippen LogP contribution in [0.5, 0.6) is 5.75 Å². The van der Waals surface area contributed by atoms with Crippen molar-refractivity contribution < 1.29 is 13.9 Å². The molecule has 35 heavy (non-hydrogen) atoms. The third-order valence-electron chi connectivity index (χ3n) is 7.21. The van der Waals surface area contributed by atoms with E-state index < -0.39 is 5.82 Å². The number of nitrogens with one attached hydrogen (secondary N) is 1. The van der Waals surface area contributed by atoms with Crippen LogP contribution < -0.4 is 10.1 Å². The number of hydrogen-bond acceptors (Lipinski definition) is 5. The number of nitrogens with zero attached hydrogens (tertiary/aromatic N) is 3. The molecule has 3 aromatic rings. The molecule has 1 amide bonds. The lowest BCUT2D eigenvalue weighted by atomic mass is 9.84. The monoisotopic (exact) mass is 558 g/mol. The molecule has 5 rings (SSSR count). The molecular weight excluding hydrogens is 531 g/mol. The number of carbonyl (C=O) groups excluding carboxylic acids is 1. The molecule has 1 aromatic heterocycles. The molecule has 6 nitrogen and oxygen atoms in total. The molecule has 1 heterocycles. The maximum Gasteiger partial charge on any atom is 0.234 e. The highest BCUT2D eigenvalue weighted by atomic mass is 79.9. The van der Waals surface area contributed by atoms with Crippen LogP contribution in [0.1, 0.15) is 44.5 Å². The van der Waals surface area contributed by atoms with Crippen molar-refractivity contribution in [1.82, 2.24) is 14.8 Å². The summed E-state index contributed by atoms with van der Waals surface area (Å²) in [4.78, 5) is 12.6. The number of benzene rings is 2. The average Bonchev–Trinajstić information content (AvgIpc) is 3.59. The predicted octanol–water partition coefficient (Wildman–Crippen LogP) is 6.49. The summed E-state index contributed by atoms with van der Waals surface area (Å²) in [5.41, 5.74) is 0.745. The number of hydrogen-bond donors (Lipinski definition) is 1. The van der Waals surface area contributed by atoms with Crippen LogP contribution in [-0.4, -0.2) is 26.4 Å². The van der Waals surface area contributed by atoms with Crippen molar-refractivity contribution in [2.45, 2.75) is 50.4 Å². The summed E-state index contributed by atoms with van der Waals surface area (Å²) in [6, 6.07) is 14.0. The van der Waals surface area contributed by atoms with E-state index in [0.29, 0.717) is 16.9 Å². The molecule has 0 aliphatic heterocycles. The Morgan fingerprint density at radius 2 is 2.00 bits per heavy atom. The number of para-hydroxylation sites is 1. The number of rotatable bonds is 9. The van der Waals surface area contributed by atoms with Crippen molar-refractivity contribution in [3.05, 3.63) is 64.6 Å². The van der Waals surface area contributed by atoms with E-state index in [2.05, 4.69) is 42.9 Å². The highest BCUT2D eigenvalue weighted by Gasteiger charge is 2.43. The molecule has 2 fully saturated rings. The summed E-state index contributed by atoms with van der Waals surface area (Å²) in [7, 11) is 0. The fourth-order valence-corrected chi connectivity index (χ4v) is 6.66. The van der Waals surface area contributed by atoms with Crippen LogP contribution >= 0.6 is 27.7 Å². The first-order valence-corrected chi connectivity index (χ1v) is 13.7. The topological polar surface area (TPSA) is 69.0 Å². The Morgan fingerprint density at radius 3 is 2.71 bits per heavy atom. The first-order valence-electron chi connectivity index (χ1n) is 12.0. The molecule has 184 valence electrons. The van der Waals surface area contributed by atoms with E-state index in [1.54, 1.807) is 18.2 Å². The third-order valence-corrected chi connectivity index (χ3v) is 8.68. The van der Waals surface area contributed by atoms with Gasteiger partial charge in [0.1, 0.15) is 6.61 Å². The van der Waals surface area contributed by atoms with E-state index >= 15 is 0 Å². The first kappa shape index (κ1) is 24.3. The van der Waals surface area contributed by atoms with E-state index in [1.807, 2.05) is 24.3 Å². The Morgan fingerprint density at radius 1 is 1.20 bits per heavy atom. The highest BCUT2D eigenvalue weighted by molar-refractivity contribution is 9.10. The van der Waals surface area contributed by atoms with Crippen molar-refractivity contribution >= 4 is 39.3 Å². The van der Waals surface area contributed by atoms with E-state index in [0.717, 1.165) is 22.0 Å². The highest BCUT2D eigenvalue weighted by Crippen LogP contribution is 2.52. The summed E-state index contributed by atoms with van der Waals surface area (Å²) in [5, 5.41) is 12.4. The van der Waals surface area contributed by atoms with Crippen LogP contribution in [0.25, 0.3) is 0 Å². The summed E-state index contributed by atoms with van der Waals surface area (Å²) < 4.78 is 22.9. The maximum atomic E-state index is 14.1. The Labute approximate surface area is 217 Å². The van der Waals surface area contributed by atoms with Gasteiger partial charge in [-0.05, 0) is 80.3 Å². The number of amides is 1. The van der Waals surface area contributed by atoms with Crippen molar-refractivity contribution in [2.75, 3.05) is 11.1 Å². The van der Waals surface area contributed by atoms with E-state index in [1.165, 1.54) is 43.5 Å². The Bertz CT molecular complexity index is 1190. The Kier molecular flexibility index (Phi) is 7.43. The molecule has 9 heteroatoms. The third kappa shape index (κ3) is 5.56. The molecule has 4 atom stereocenters. The van der Waals surface area contributed by atoms with Gasteiger partial charge in [0.05, 0.1) is 5.75 Å². The molecule has 0 spiro atoms. The molecule has 0 unspecified atom stereocenters. The summed E-state index contributed by atoms with van der Waals surface area (Å²) in [6.45, 7) is 2.33. The zero-order valence-electron chi connectivity index (χ0n) is 19.5. The number of fused-ring (bicyclic) bond motifs is 2. The van der Waals surface area contributed by atoms with Crippen LogP contribution in [0.4, 0.5) is 10.1 Å². The largest absolute Gasteiger partial charge is 0.483 e. The van der Waals surface area contributed by atoms with Gasteiger partial charge in [0.2, 0.25) is 5.91 Å². The van der Waals surface area contributed by atoms with Gasteiger partial charge in [0, 0.05) is 16.2 Å². The molecule has 1 N–H and O–H groups in total. The number of ether oxygens (including phenoxy) is 1. The fraction of sp³-hybridized carbons (Fsp3) is 0.423. The van der Waals surface area contributed by atoms with Gasteiger partial charge in [0.15, 0.2) is 22.5 Å². The summed E-state index contributed by atoms with van der Waals surface area (Å²) in [6.07, 6.45) is 5.13. The quantitative estimate of drug-likeness (QED) is 0.304. The molecule has 2 bridgehead atoms. The van der Waals surface area contributed by atoms with Crippen molar-refractivity contribution in [1.29, 1.82) is 0 Å². The van der Waals surface area contributed by atoms with E-state index in [9.17, 15) is 9.18 Å². The minimum absolute atomic E-state index is 0.108. The van der Waals surface area contributed by atoms with Gasteiger partial charge >= 0.3 is 0 Å². The van der Waals surface area contributed by atoms with E-state index in [4.69, 9.17) is 4.74 Å². The second kappa shape index (κ2) is 10.7. The van der Waals surface area contributed by atoms with Crippen LogP contribution in [0.2, 0.25) is 0 Å². The van der Waals surface area contributed by atoms with E-state index in [-0.39, 0.29) is 30.1 Å². The first-order chi connectivity index (χ1) is 17.0. The summed E-state index contributed by atoms with van der Waals surface area (Å²) in [5.74, 6) is 2.63. The van der Waals surface area contributed by atoms with Crippen LogP contribution in [0.15, 0.2) is 58.2 Å². The van der Waals surface area contributed by atoms with Gasteiger partial charge in [0.25, 0.3) is 0 Å². The van der Waals surface area contributed by atoms with Crippen molar-refractivity contribution in [3.63, 3.8) is 0 Å². The van der Waals surface area contributed by atoms with Gasteiger partial charge in [-0.1, -0.05) is 46.2 Å². The smallest absolute Gasteiger partial charge is 0.234 e. The molecule has 0 radical (unpaired) electrons. The van der Waals surface area contributed by atoms with Gasteiger partial charge < -0.3 is 10.1 Å². The Balaban J connectivity index is 1.31. The minimum atomic E-state index is -0.404. The van der Waals surface area contributed by atoms with Gasteiger partial charge in [-0.3, -0.25) is 9.36 Å². The molecule has 2 saturated carbocycles. The van der Waals surface area contributed by atoms with Crippen molar-refractivity contribution in [3.8, 4) is 5.75 Å². The molecule has 2 aromatic carbocycles. The van der Waals surface area contributed by atoms with Crippen LogP contribution in [-0.2, 0) is 11.4 Å². The zero-order valence-corrected chi connectivity index (χ0v) is 21.9. The van der Waals surface area contributed by atoms with Gasteiger partial charge in [-0.2, -0.15) is 0 Å². The molecule has 2 aliphatic carbocycles. The molecule has 0 saturated heterocycles. The molecular formula is C26H28BrFN4O2S. The standard InChI is InChI=1S/C26H28BrFN4O2S/c1-16(21-13-17-6-7-18(21)12-17)32-24(14-34-23-5-3-2-4-22(23)28)30-31-26(32)35-15-25(33)29-20-10-8-19(27)9-11-20/h2-5,8-11,16-18,21H,6-7,12-15H2,1H3,(H,29,33)/t16-,17-,18-,21+/m1/s1. The lowest BCUT2D eigenvalue weighted by Crippen LogP contribution is -2.25. The lowest BCUT2D eigenvalue weighted by Gasteiger charge is -2.30. The normalized spacial score (nSPS) is 21.7. The second-order valence-electron chi connectivity index (χ2n) is 9.41. The Hall–Kier alpha value is -2.39. The van der Waals surface area contributed by atoms with Crippen molar-refractivity contribution in [2.24, 2.45) is 17.8 Å². The SMILES string of the molecule is C[C@H]([C@@H]1C[C@@H]2CC[C@@H]1C2)n1c(COc2ccccc2F)nnc1SCC(=O)Nc1ccc(Br)cc1. The van der Waals surface area contributed by atoms with Gasteiger partial charge in [-0.25, -0.2) is 4.39 Å². The minimum Gasteiger partial charge on any atom is -0.483 e. The van der Waals surface area contributed by atoms with Crippen LogP contribution in [0, 0.1) is 23.6 Å². The number of halogens is 2. The fourth-order valence-electron chi connectivity index (χ4n) is 5.55. The number of aromatic nitrogens is 3.